The first-order valence-electron chi connectivity index (χ1n) is 9.62. The zero-order valence-corrected chi connectivity index (χ0v) is 14.2. The molecule has 2 N–H and O–H groups in total. The van der Waals surface area contributed by atoms with Crippen molar-refractivity contribution in [2.24, 2.45) is 29.4 Å². The van der Waals surface area contributed by atoms with Crippen molar-refractivity contribution in [2.75, 3.05) is 13.1 Å². The highest BCUT2D eigenvalue weighted by molar-refractivity contribution is 5.09. The largest absolute Gasteiger partial charge is 0.328 e. The summed E-state index contributed by atoms with van der Waals surface area (Å²) in [5, 5.41) is 9.09. The minimum atomic E-state index is 0.374. The van der Waals surface area contributed by atoms with Crippen molar-refractivity contribution in [3.63, 3.8) is 0 Å². The van der Waals surface area contributed by atoms with Crippen LogP contribution >= 0.6 is 0 Å². The zero-order chi connectivity index (χ0) is 15.6. The van der Waals surface area contributed by atoms with Crippen LogP contribution in [0.4, 0.5) is 0 Å². The molecule has 0 unspecified atom stereocenters. The van der Waals surface area contributed by atoms with Gasteiger partial charge in [-0.1, -0.05) is 0 Å². The van der Waals surface area contributed by atoms with Crippen LogP contribution in [0.3, 0.4) is 0 Å². The highest BCUT2D eigenvalue weighted by atomic mass is 15.3. The van der Waals surface area contributed by atoms with Gasteiger partial charge < -0.3 is 10.3 Å². The molecule has 3 saturated carbocycles. The summed E-state index contributed by atoms with van der Waals surface area (Å²) >= 11 is 0. The van der Waals surface area contributed by atoms with Crippen LogP contribution in [0.15, 0.2) is 0 Å². The van der Waals surface area contributed by atoms with Crippen LogP contribution in [0.1, 0.15) is 56.6 Å². The summed E-state index contributed by atoms with van der Waals surface area (Å²) in [5.41, 5.74) is 5.96. The molecule has 0 radical (unpaired) electrons. The van der Waals surface area contributed by atoms with Crippen molar-refractivity contribution in [1.29, 1.82) is 0 Å². The molecule has 5 rings (SSSR count). The van der Waals surface area contributed by atoms with Gasteiger partial charge in [0.15, 0.2) is 0 Å². The van der Waals surface area contributed by atoms with Gasteiger partial charge in [0.1, 0.15) is 11.6 Å². The molecular weight excluding hydrogens is 286 g/mol. The molecule has 5 heteroatoms. The molecule has 2 heterocycles. The molecule has 0 amide bonds. The lowest BCUT2D eigenvalue weighted by Crippen LogP contribution is -2.36. The maximum atomic E-state index is 5.96. The third-order valence-electron chi connectivity index (χ3n) is 7.29. The highest BCUT2D eigenvalue weighted by Gasteiger charge is 2.51. The fraction of sp³-hybridized carbons (Fsp3) is 0.889. The SMILES string of the molecule is CCn1c(CN2C[C@@H]3[C@@H]4CC[C@@H](C4)[C@@H]3C2)nnc1C1CC(N)C1. The predicted octanol–water partition coefficient (Wildman–Crippen LogP) is 1.98. The summed E-state index contributed by atoms with van der Waals surface area (Å²) in [6.07, 6.45) is 6.68. The molecule has 126 valence electrons. The Bertz CT molecular complexity index is 572. The van der Waals surface area contributed by atoms with E-state index in [9.17, 15) is 0 Å². The Hall–Kier alpha value is -0.940. The number of likely N-dealkylation sites (tertiary alicyclic amines) is 1. The molecule has 5 nitrogen and oxygen atoms in total. The Balaban J connectivity index is 1.30. The first kappa shape index (κ1) is 14.4. The van der Waals surface area contributed by atoms with Crippen LogP contribution in [-0.2, 0) is 13.1 Å². The van der Waals surface area contributed by atoms with Gasteiger partial charge in [0.05, 0.1) is 6.54 Å². The lowest BCUT2D eigenvalue weighted by molar-refractivity contribution is 0.275. The van der Waals surface area contributed by atoms with E-state index >= 15 is 0 Å². The summed E-state index contributed by atoms with van der Waals surface area (Å²) in [4.78, 5) is 2.66. The smallest absolute Gasteiger partial charge is 0.147 e. The van der Waals surface area contributed by atoms with Gasteiger partial charge in [0.2, 0.25) is 0 Å². The van der Waals surface area contributed by atoms with Crippen molar-refractivity contribution in [1.82, 2.24) is 19.7 Å². The Labute approximate surface area is 138 Å². The predicted molar refractivity (Wildman–Crippen MR) is 88.7 cm³/mol. The highest BCUT2D eigenvalue weighted by Crippen LogP contribution is 2.55. The first-order valence-corrected chi connectivity index (χ1v) is 9.62. The Morgan fingerprint density at radius 2 is 1.74 bits per heavy atom. The minimum Gasteiger partial charge on any atom is -0.328 e. The van der Waals surface area contributed by atoms with Crippen LogP contribution < -0.4 is 5.73 Å². The topological polar surface area (TPSA) is 60.0 Å². The number of hydrogen-bond acceptors (Lipinski definition) is 4. The third-order valence-corrected chi connectivity index (χ3v) is 7.29. The van der Waals surface area contributed by atoms with Gasteiger partial charge in [-0.2, -0.15) is 0 Å². The summed E-state index contributed by atoms with van der Waals surface area (Å²) in [7, 11) is 0. The second kappa shape index (κ2) is 5.28. The average Bonchev–Trinajstić information content (AvgIpc) is 3.25. The van der Waals surface area contributed by atoms with Gasteiger partial charge in [-0.05, 0) is 62.7 Å². The molecule has 1 saturated heterocycles. The molecule has 3 aliphatic carbocycles. The van der Waals surface area contributed by atoms with Gasteiger partial charge in [-0.15, -0.1) is 10.2 Å². The van der Waals surface area contributed by atoms with E-state index in [0.717, 1.165) is 49.6 Å². The zero-order valence-electron chi connectivity index (χ0n) is 14.2. The Morgan fingerprint density at radius 3 is 2.35 bits per heavy atom. The summed E-state index contributed by atoms with van der Waals surface area (Å²) in [5.74, 6) is 6.93. The summed E-state index contributed by atoms with van der Waals surface area (Å²) in [6.45, 7) is 6.79. The Kier molecular flexibility index (Phi) is 3.31. The van der Waals surface area contributed by atoms with E-state index in [4.69, 9.17) is 5.73 Å². The van der Waals surface area contributed by atoms with E-state index in [1.54, 1.807) is 0 Å². The quantitative estimate of drug-likeness (QED) is 0.923. The Morgan fingerprint density at radius 1 is 1.04 bits per heavy atom. The minimum absolute atomic E-state index is 0.374. The second-order valence-electron chi connectivity index (χ2n) is 8.50. The standard InChI is InChI=1S/C18H29N5/c1-2-23-17(20-21-18(23)13-6-14(19)7-13)10-22-8-15-11-3-4-12(5-11)16(15)9-22/h11-16H,2-10,19H2,1H3/t11-,12+,13?,14?,15-,16+. The molecule has 4 atom stereocenters. The first-order chi connectivity index (χ1) is 11.2. The van der Waals surface area contributed by atoms with Crippen molar-refractivity contribution >= 4 is 0 Å². The van der Waals surface area contributed by atoms with Crippen LogP contribution in [0.5, 0.6) is 0 Å². The van der Waals surface area contributed by atoms with Gasteiger partial charge >= 0.3 is 0 Å². The van der Waals surface area contributed by atoms with E-state index in [1.807, 2.05) is 0 Å². The van der Waals surface area contributed by atoms with Gasteiger partial charge in [-0.3, -0.25) is 4.90 Å². The fourth-order valence-electron chi connectivity index (χ4n) is 6.08. The molecule has 2 bridgehead atoms. The van der Waals surface area contributed by atoms with E-state index in [-0.39, 0.29) is 0 Å². The molecule has 4 fully saturated rings. The maximum absolute atomic E-state index is 5.96. The van der Waals surface area contributed by atoms with Crippen LogP contribution in [0.25, 0.3) is 0 Å². The normalized spacial score (nSPS) is 42.2. The molecule has 23 heavy (non-hydrogen) atoms. The number of nitrogens with two attached hydrogens (primary N) is 1. The van der Waals surface area contributed by atoms with E-state index < -0.39 is 0 Å². The summed E-state index contributed by atoms with van der Waals surface area (Å²) < 4.78 is 2.36. The van der Waals surface area contributed by atoms with Crippen molar-refractivity contribution in [3.05, 3.63) is 11.6 Å². The van der Waals surface area contributed by atoms with Gasteiger partial charge in [-0.25, -0.2) is 0 Å². The number of rotatable bonds is 4. The molecule has 1 aromatic heterocycles. The lowest BCUT2D eigenvalue weighted by Gasteiger charge is -2.31. The number of fused-ring (bicyclic) bond motifs is 5. The molecule has 0 spiro atoms. The van der Waals surface area contributed by atoms with Crippen LogP contribution in [0, 0.1) is 23.7 Å². The molecular formula is C18H29N5. The fourth-order valence-corrected chi connectivity index (χ4v) is 6.08. The molecule has 1 aromatic rings. The van der Waals surface area contributed by atoms with Gasteiger partial charge in [0, 0.05) is 31.6 Å². The van der Waals surface area contributed by atoms with E-state index in [1.165, 1.54) is 44.0 Å². The maximum Gasteiger partial charge on any atom is 0.147 e. The van der Waals surface area contributed by atoms with Crippen LogP contribution in [-0.4, -0.2) is 38.8 Å². The summed E-state index contributed by atoms with van der Waals surface area (Å²) in [6, 6.07) is 0.374. The van der Waals surface area contributed by atoms with E-state index in [0.29, 0.717) is 12.0 Å². The van der Waals surface area contributed by atoms with Gasteiger partial charge in [0.25, 0.3) is 0 Å². The number of aromatic nitrogens is 3. The molecule has 1 aliphatic heterocycles. The van der Waals surface area contributed by atoms with E-state index in [2.05, 4.69) is 26.6 Å². The monoisotopic (exact) mass is 315 g/mol. The van der Waals surface area contributed by atoms with Crippen molar-refractivity contribution in [2.45, 2.75) is 64.1 Å². The molecule has 4 aliphatic rings. The average molecular weight is 315 g/mol. The number of nitrogens with zero attached hydrogens (tertiary/aromatic N) is 4. The molecule has 0 aromatic carbocycles. The third kappa shape index (κ3) is 2.19. The number of hydrogen-bond donors (Lipinski definition) is 1. The van der Waals surface area contributed by atoms with Crippen molar-refractivity contribution in [3.8, 4) is 0 Å². The lowest BCUT2D eigenvalue weighted by atomic mass is 9.80. The second-order valence-corrected chi connectivity index (χ2v) is 8.50. The van der Waals surface area contributed by atoms with Crippen LogP contribution in [0.2, 0.25) is 0 Å². The van der Waals surface area contributed by atoms with Crippen molar-refractivity contribution < 1.29 is 0 Å².